The molecule has 0 fully saturated rings. The van der Waals surface area contributed by atoms with Gasteiger partial charge in [-0.3, -0.25) is 9.59 Å². The quantitative estimate of drug-likeness (QED) is 0.639. The number of aliphatic hydroxyl groups excluding tert-OH is 1. The smallest absolute Gasteiger partial charge is 0.251 e. The van der Waals surface area contributed by atoms with E-state index in [0.717, 1.165) is 12.0 Å². The third-order valence-electron chi connectivity index (χ3n) is 3.18. The fourth-order valence-electron chi connectivity index (χ4n) is 2.05. The van der Waals surface area contributed by atoms with E-state index >= 15 is 0 Å². The lowest BCUT2D eigenvalue weighted by Gasteiger charge is -2.18. The van der Waals surface area contributed by atoms with Crippen LogP contribution < -0.4 is 10.6 Å². The van der Waals surface area contributed by atoms with Gasteiger partial charge in [-0.05, 0) is 36.1 Å². The van der Waals surface area contributed by atoms with Crippen LogP contribution in [-0.2, 0) is 11.3 Å². The van der Waals surface area contributed by atoms with Gasteiger partial charge in [0.2, 0.25) is 5.91 Å². The topological polar surface area (TPSA) is 78.4 Å². The lowest BCUT2D eigenvalue weighted by Crippen LogP contribution is -2.38. The van der Waals surface area contributed by atoms with Crippen molar-refractivity contribution in [3.05, 3.63) is 48.0 Å². The summed E-state index contributed by atoms with van der Waals surface area (Å²) < 4.78 is 0. The summed E-state index contributed by atoms with van der Waals surface area (Å²) in [5.74, 6) is -0.0454. The molecule has 0 spiro atoms. The van der Waals surface area contributed by atoms with Gasteiger partial charge in [0, 0.05) is 12.1 Å². The van der Waals surface area contributed by atoms with Crippen molar-refractivity contribution in [2.75, 3.05) is 6.61 Å². The predicted octanol–water partition coefficient (Wildman–Crippen LogP) is 1.63. The van der Waals surface area contributed by atoms with Gasteiger partial charge >= 0.3 is 0 Å². The molecule has 1 atom stereocenters. The minimum absolute atomic E-state index is 0.0738. The Balaban J connectivity index is 2.59. The molecule has 0 aromatic heterocycles. The van der Waals surface area contributed by atoms with Crippen molar-refractivity contribution >= 4 is 11.8 Å². The highest BCUT2D eigenvalue weighted by atomic mass is 16.3. The van der Waals surface area contributed by atoms with Gasteiger partial charge in [0.1, 0.15) is 0 Å². The number of benzene rings is 1. The van der Waals surface area contributed by atoms with E-state index in [1.165, 1.54) is 6.08 Å². The van der Waals surface area contributed by atoms with Gasteiger partial charge in [0.05, 0.1) is 12.6 Å². The Morgan fingerprint density at radius 2 is 1.91 bits per heavy atom. The zero-order valence-corrected chi connectivity index (χ0v) is 13.1. The number of rotatable bonds is 8. The van der Waals surface area contributed by atoms with Crippen LogP contribution in [-0.4, -0.2) is 29.6 Å². The summed E-state index contributed by atoms with van der Waals surface area (Å²) in [6, 6.07) is 6.74. The standard InChI is InChI=1S/C17H24N2O3/c1-4-16(21)18-10-13-5-7-14(8-6-13)17(22)19-15(11-20)9-12(2)3/h4-8,12,15,20H,1,9-11H2,2-3H3,(H,18,21)(H,19,22). The maximum absolute atomic E-state index is 12.1. The molecular weight excluding hydrogens is 280 g/mol. The molecule has 1 unspecified atom stereocenters. The van der Waals surface area contributed by atoms with Gasteiger partial charge in [-0.25, -0.2) is 0 Å². The fourth-order valence-corrected chi connectivity index (χ4v) is 2.05. The Labute approximate surface area is 131 Å². The van der Waals surface area contributed by atoms with Crippen LogP contribution in [0, 0.1) is 5.92 Å². The number of amides is 2. The molecule has 0 saturated carbocycles. The van der Waals surface area contributed by atoms with Crippen molar-refractivity contribution in [3.8, 4) is 0 Å². The molecule has 2 amide bonds. The van der Waals surface area contributed by atoms with E-state index < -0.39 is 0 Å². The first-order valence-corrected chi connectivity index (χ1v) is 7.37. The van der Waals surface area contributed by atoms with Gasteiger partial charge in [-0.1, -0.05) is 32.6 Å². The van der Waals surface area contributed by atoms with Crippen LogP contribution in [0.4, 0.5) is 0 Å². The third kappa shape index (κ3) is 6.10. The number of carbonyl (C=O) groups is 2. The van der Waals surface area contributed by atoms with Crippen LogP contribution in [0.2, 0.25) is 0 Å². The average molecular weight is 304 g/mol. The molecule has 0 heterocycles. The molecular formula is C17H24N2O3. The first-order chi connectivity index (χ1) is 10.5. The molecule has 0 bridgehead atoms. The van der Waals surface area contributed by atoms with Crippen molar-refractivity contribution in [2.45, 2.75) is 32.9 Å². The van der Waals surface area contributed by atoms with Crippen LogP contribution in [0.1, 0.15) is 36.2 Å². The Morgan fingerprint density at radius 3 is 2.41 bits per heavy atom. The van der Waals surface area contributed by atoms with Crippen molar-refractivity contribution < 1.29 is 14.7 Å². The molecule has 0 saturated heterocycles. The second kappa shape index (κ2) is 9.00. The number of aliphatic hydroxyl groups is 1. The average Bonchev–Trinajstić information content (AvgIpc) is 2.51. The summed E-state index contributed by atoms with van der Waals surface area (Å²) in [5.41, 5.74) is 1.42. The van der Waals surface area contributed by atoms with Crippen LogP contribution >= 0.6 is 0 Å². The SMILES string of the molecule is C=CC(=O)NCc1ccc(C(=O)NC(CO)CC(C)C)cc1. The lowest BCUT2D eigenvalue weighted by molar-refractivity contribution is -0.116. The minimum Gasteiger partial charge on any atom is -0.394 e. The number of hydrogen-bond donors (Lipinski definition) is 3. The largest absolute Gasteiger partial charge is 0.394 e. The monoisotopic (exact) mass is 304 g/mol. The summed E-state index contributed by atoms with van der Waals surface area (Å²) in [6.07, 6.45) is 1.94. The normalized spacial score (nSPS) is 11.8. The summed E-state index contributed by atoms with van der Waals surface area (Å²) >= 11 is 0. The van der Waals surface area contributed by atoms with Gasteiger partial charge in [-0.2, -0.15) is 0 Å². The minimum atomic E-state index is -0.237. The van der Waals surface area contributed by atoms with Gasteiger partial charge in [-0.15, -0.1) is 0 Å². The molecule has 5 heteroatoms. The van der Waals surface area contributed by atoms with E-state index in [4.69, 9.17) is 0 Å². The Morgan fingerprint density at radius 1 is 1.27 bits per heavy atom. The molecule has 0 aliphatic heterocycles. The second-order valence-corrected chi connectivity index (χ2v) is 5.60. The Kier molecular flexibility index (Phi) is 7.32. The maximum Gasteiger partial charge on any atom is 0.251 e. The van der Waals surface area contributed by atoms with Crippen LogP contribution in [0.3, 0.4) is 0 Å². The molecule has 0 radical (unpaired) electrons. The molecule has 1 aromatic carbocycles. The molecule has 0 aliphatic rings. The van der Waals surface area contributed by atoms with E-state index in [9.17, 15) is 14.7 Å². The van der Waals surface area contributed by atoms with Crippen molar-refractivity contribution in [2.24, 2.45) is 5.92 Å². The molecule has 3 N–H and O–H groups in total. The molecule has 1 rings (SSSR count). The van der Waals surface area contributed by atoms with E-state index in [-0.39, 0.29) is 24.5 Å². The first-order valence-electron chi connectivity index (χ1n) is 7.37. The van der Waals surface area contributed by atoms with Gasteiger partial charge in [0.15, 0.2) is 0 Å². The highest BCUT2D eigenvalue weighted by Crippen LogP contribution is 2.08. The lowest BCUT2D eigenvalue weighted by atomic mass is 10.0. The van der Waals surface area contributed by atoms with E-state index in [2.05, 4.69) is 17.2 Å². The highest BCUT2D eigenvalue weighted by molar-refractivity contribution is 5.94. The molecule has 5 nitrogen and oxygen atoms in total. The summed E-state index contributed by atoms with van der Waals surface area (Å²) in [4.78, 5) is 23.2. The Hall–Kier alpha value is -2.14. The first kappa shape index (κ1) is 17.9. The Bertz CT molecular complexity index is 509. The molecule has 22 heavy (non-hydrogen) atoms. The van der Waals surface area contributed by atoms with Crippen molar-refractivity contribution in [1.82, 2.24) is 10.6 Å². The molecule has 1 aromatic rings. The van der Waals surface area contributed by atoms with Crippen molar-refractivity contribution in [1.29, 1.82) is 0 Å². The van der Waals surface area contributed by atoms with Gasteiger partial charge < -0.3 is 15.7 Å². The highest BCUT2D eigenvalue weighted by Gasteiger charge is 2.14. The second-order valence-electron chi connectivity index (χ2n) is 5.60. The van der Waals surface area contributed by atoms with E-state index in [1.807, 2.05) is 13.8 Å². The predicted molar refractivity (Wildman–Crippen MR) is 86.3 cm³/mol. The van der Waals surface area contributed by atoms with Crippen LogP contribution in [0.5, 0.6) is 0 Å². The van der Waals surface area contributed by atoms with Crippen LogP contribution in [0.15, 0.2) is 36.9 Å². The zero-order chi connectivity index (χ0) is 16.5. The number of hydrogen-bond acceptors (Lipinski definition) is 3. The fraction of sp³-hybridized carbons (Fsp3) is 0.412. The maximum atomic E-state index is 12.1. The van der Waals surface area contributed by atoms with Crippen molar-refractivity contribution in [3.63, 3.8) is 0 Å². The number of nitrogens with one attached hydrogen (secondary N) is 2. The molecule has 120 valence electrons. The number of carbonyl (C=O) groups excluding carboxylic acids is 2. The summed E-state index contributed by atoms with van der Waals surface area (Å²) in [6.45, 7) is 7.78. The van der Waals surface area contributed by atoms with Gasteiger partial charge in [0.25, 0.3) is 5.91 Å². The van der Waals surface area contributed by atoms with E-state index in [1.54, 1.807) is 24.3 Å². The summed E-state index contributed by atoms with van der Waals surface area (Å²) in [7, 11) is 0. The third-order valence-corrected chi connectivity index (χ3v) is 3.18. The molecule has 0 aliphatic carbocycles. The summed E-state index contributed by atoms with van der Waals surface area (Å²) in [5, 5.41) is 14.8. The zero-order valence-electron chi connectivity index (χ0n) is 13.1. The van der Waals surface area contributed by atoms with Crippen LogP contribution in [0.25, 0.3) is 0 Å². The van der Waals surface area contributed by atoms with E-state index in [0.29, 0.717) is 18.0 Å².